The maximum Gasteiger partial charge on any atom is 0.421 e. The van der Waals surface area contributed by atoms with E-state index in [4.69, 9.17) is 8.85 Å². The van der Waals surface area contributed by atoms with Gasteiger partial charge in [-0.05, 0) is 33.4 Å². The Kier molecular flexibility index (Phi) is 15.1. The third-order valence-corrected chi connectivity index (χ3v) is 6.39. The second-order valence-electron chi connectivity index (χ2n) is 5.92. The number of rotatable bonds is 16. The number of nitrogens with one attached hydrogen (secondary N) is 1. The van der Waals surface area contributed by atoms with Crippen LogP contribution in [0.25, 0.3) is 0 Å². The summed E-state index contributed by atoms with van der Waals surface area (Å²) in [5.41, 5.74) is 0. The summed E-state index contributed by atoms with van der Waals surface area (Å²) in [6.45, 7) is 10.9. The van der Waals surface area contributed by atoms with Crippen LogP contribution in [0.3, 0.4) is 0 Å². The Labute approximate surface area is 134 Å². The average Bonchev–Trinajstić information content (AvgIpc) is 2.45. The molecule has 0 aromatic heterocycles. The highest BCUT2D eigenvalue weighted by molar-refractivity contribution is 6.63. The molecule has 0 spiro atoms. The molecule has 128 valence electrons. The summed E-state index contributed by atoms with van der Waals surface area (Å²) >= 11 is 0. The zero-order chi connectivity index (χ0) is 15.8. The summed E-state index contributed by atoms with van der Waals surface area (Å²) in [6.07, 6.45) is 13.8. The van der Waals surface area contributed by atoms with Crippen molar-refractivity contribution in [2.24, 2.45) is 0 Å². The van der Waals surface area contributed by atoms with Gasteiger partial charge in [-0.25, -0.2) is 0 Å². The van der Waals surface area contributed by atoms with Crippen LogP contribution in [0, 0.1) is 0 Å². The highest BCUT2D eigenvalue weighted by Gasteiger charge is 2.30. The molecule has 0 radical (unpaired) electrons. The minimum atomic E-state index is -2.09. The van der Waals surface area contributed by atoms with Gasteiger partial charge < -0.3 is 8.85 Å². The van der Waals surface area contributed by atoms with E-state index in [9.17, 15) is 0 Å². The molecule has 0 saturated carbocycles. The van der Waals surface area contributed by atoms with Crippen molar-refractivity contribution in [3.8, 4) is 0 Å². The van der Waals surface area contributed by atoms with Gasteiger partial charge >= 0.3 is 8.72 Å². The van der Waals surface area contributed by atoms with Crippen molar-refractivity contribution in [1.29, 1.82) is 0 Å². The van der Waals surface area contributed by atoms with Crippen LogP contribution in [0.15, 0.2) is 0 Å². The van der Waals surface area contributed by atoms with E-state index in [1.165, 1.54) is 64.2 Å². The first-order chi connectivity index (χ1) is 10.2. The van der Waals surface area contributed by atoms with Crippen molar-refractivity contribution in [3.63, 3.8) is 0 Å². The first-order valence-electron chi connectivity index (χ1n) is 9.21. The van der Waals surface area contributed by atoms with Crippen molar-refractivity contribution in [2.45, 2.75) is 91.5 Å². The fraction of sp³-hybridized carbons (Fsp3) is 1.00. The van der Waals surface area contributed by atoms with Crippen molar-refractivity contribution in [3.05, 3.63) is 0 Å². The van der Waals surface area contributed by atoms with Gasteiger partial charge in [-0.1, -0.05) is 64.7 Å². The number of unbranched alkanes of at least 4 members (excludes halogenated alkanes) is 9. The lowest BCUT2D eigenvalue weighted by atomic mass is 10.1. The van der Waals surface area contributed by atoms with E-state index >= 15 is 0 Å². The van der Waals surface area contributed by atoms with Crippen molar-refractivity contribution in [1.82, 2.24) is 4.98 Å². The van der Waals surface area contributed by atoms with Gasteiger partial charge in [0.25, 0.3) is 0 Å². The molecule has 0 fully saturated rings. The first kappa shape index (κ1) is 21.1. The molecule has 0 aromatic rings. The van der Waals surface area contributed by atoms with E-state index in [0.29, 0.717) is 0 Å². The summed E-state index contributed by atoms with van der Waals surface area (Å²) in [7, 11) is -2.09. The average molecular weight is 318 g/mol. The van der Waals surface area contributed by atoms with Crippen LogP contribution in [-0.2, 0) is 8.85 Å². The molecule has 4 heteroatoms. The fourth-order valence-electron chi connectivity index (χ4n) is 2.62. The maximum atomic E-state index is 5.77. The van der Waals surface area contributed by atoms with Crippen LogP contribution >= 0.6 is 0 Å². The Hall–Kier alpha value is 0.0969. The predicted molar refractivity (Wildman–Crippen MR) is 94.7 cm³/mol. The molecular weight excluding hydrogens is 278 g/mol. The summed E-state index contributed by atoms with van der Waals surface area (Å²) in [5, 5.41) is 0. The van der Waals surface area contributed by atoms with Gasteiger partial charge in [-0.2, -0.15) is 0 Å². The van der Waals surface area contributed by atoms with Crippen molar-refractivity contribution in [2.75, 3.05) is 19.8 Å². The molecule has 21 heavy (non-hydrogen) atoms. The quantitative estimate of drug-likeness (QED) is 0.316. The molecule has 0 rings (SSSR count). The van der Waals surface area contributed by atoms with Gasteiger partial charge in [0.2, 0.25) is 0 Å². The molecular formula is C17H39NO2Si. The third-order valence-electron chi connectivity index (χ3n) is 3.82. The Balaban J connectivity index is 3.37. The zero-order valence-electron chi connectivity index (χ0n) is 15.0. The number of hydrogen-bond acceptors (Lipinski definition) is 3. The van der Waals surface area contributed by atoms with Crippen LogP contribution in [0.4, 0.5) is 0 Å². The van der Waals surface area contributed by atoms with Crippen molar-refractivity contribution < 1.29 is 8.85 Å². The molecule has 0 aliphatic rings. The molecule has 3 nitrogen and oxygen atoms in total. The Morgan fingerprint density at radius 3 is 1.52 bits per heavy atom. The smallest absolute Gasteiger partial charge is 0.383 e. The molecule has 0 aliphatic carbocycles. The van der Waals surface area contributed by atoms with E-state index in [2.05, 4.69) is 18.5 Å². The van der Waals surface area contributed by atoms with E-state index < -0.39 is 8.72 Å². The van der Waals surface area contributed by atoms with E-state index in [1.807, 2.05) is 13.8 Å². The van der Waals surface area contributed by atoms with Gasteiger partial charge in [0.1, 0.15) is 0 Å². The second kappa shape index (κ2) is 15.0. The lowest BCUT2D eigenvalue weighted by Gasteiger charge is -2.26. The zero-order valence-corrected chi connectivity index (χ0v) is 16.0. The van der Waals surface area contributed by atoms with Gasteiger partial charge in [0.05, 0.1) is 0 Å². The van der Waals surface area contributed by atoms with E-state index in [-0.39, 0.29) is 0 Å². The van der Waals surface area contributed by atoms with Crippen molar-refractivity contribution >= 4 is 8.72 Å². The molecule has 0 aromatic carbocycles. The summed E-state index contributed by atoms with van der Waals surface area (Å²) in [4.78, 5) is 3.52. The monoisotopic (exact) mass is 317 g/mol. The molecule has 0 heterocycles. The lowest BCUT2D eigenvalue weighted by molar-refractivity contribution is 0.177. The SMILES string of the molecule is CCCCCCCCCCCCN[Si](C)(OCC)OCC. The fourth-order valence-corrected chi connectivity index (χ4v) is 4.64. The lowest BCUT2D eigenvalue weighted by Crippen LogP contribution is -2.54. The molecule has 1 N–H and O–H groups in total. The molecule has 0 bridgehead atoms. The van der Waals surface area contributed by atoms with E-state index in [0.717, 1.165) is 19.8 Å². The minimum Gasteiger partial charge on any atom is -0.383 e. The molecule has 0 atom stereocenters. The molecule has 0 unspecified atom stereocenters. The Morgan fingerprint density at radius 2 is 1.10 bits per heavy atom. The van der Waals surface area contributed by atoms with Crippen LogP contribution < -0.4 is 4.98 Å². The van der Waals surface area contributed by atoms with Gasteiger partial charge in [0, 0.05) is 13.2 Å². The Bertz CT molecular complexity index is 209. The minimum absolute atomic E-state index is 0.730. The molecule has 0 saturated heterocycles. The second-order valence-corrected chi connectivity index (χ2v) is 8.74. The summed E-state index contributed by atoms with van der Waals surface area (Å²) in [5.74, 6) is 0. The van der Waals surface area contributed by atoms with Gasteiger partial charge in [0.15, 0.2) is 0 Å². The van der Waals surface area contributed by atoms with Gasteiger partial charge in [-0.3, -0.25) is 4.98 Å². The highest BCUT2D eigenvalue weighted by Crippen LogP contribution is 2.10. The highest BCUT2D eigenvalue weighted by atomic mass is 28.4. The summed E-state index contributed by atoms with van der Waals surface area (Å²) in [6, 6.07) is 0. The topological polar surface area (TPSA) is 30.5 Å². The van der Waals surface area contributed by atoms with Gasteiger partial charge in [-0.15, -0.1) is 0 Å². The standard InChI is InChI=1S/C17H39NO2Si/c1-5-8-9-10-11-12-13-14-15-16-17-18-21(4,19-6-2)20-7-3/h18H,5-17H2,1-4H3. The van der Waals surface area contributed by atoms with E-state index in [1.54, 1.807) is 0 Å². The first-order valence-corrected chi connectivity index (χ1v) is 11.5. The van der Waals surface area contributed by atoms with Crippen LogP contribution in [0.1, 0.15) is 85.0 Å². The Morgan fingerprint density at radius 1 is 0.667 bits per heavy atom. The molecule has 0 aliphatic heterocycles. The van der Waals surface area contributed by atoms with Crippen LogP contribution in [-0.4, -0.2) is 28.5 Å². The van der Waals surface area contributed by atoms with Crippen LogP contribution in [0.2, 0.25) is 6.55 Å². The summed E-state index contributed by atoms with van der Waals surface area (Å²) < 4.78 is 11.5. The maximum absolute atomic E-state index is 5.77. The normalized spacial score (nSPS) is 12.0. The third kappa shape index (κ3) is 13.5. The molecule has 0 amide bonds. The largest absolute Gasteiger partial charge is 0.421 e. The predicted octanol–water partition coefficient (Wildman–Crippen LogP) is 5.14. The van der Waals surface area contributed by atoms with Crippen LogP contribution in [0.5, 0.6) is 0 Å². The number of hydrogen-bond donors (Lipinski definition) is 1.